The van der Waals surface area contributed by atoms with Gasteiger partial charge in [0.2, 0.25) is 0 Å². The van der Waals surface area contributed by atoms with Gasteiger partial charge in [-0.2, -0.15) is 11.3 Å². The lowest BCUT2D eigenvalue weighted by molar-refractivity contribution is -0.139. The van der Waals surface area contributed by atoms with Gasteiger partial charge in [0.15, 0.2) is 0 Å². The van der Waals surface area contributed by atoms with E-state index in [0.717, 1.165) is 5.56 Å². The molecule has 2 aliphatic rings. The minimum atomic E-state index is -0.569. The lowest BCUT2D eigenvalue weighted by atomic mass is 9.96. The highest BCUT2D eigenvalue weighted by molar-refractivity contribution is 7.08. The maximum absolute atomic E-state index is 13.1. The normalized spacial score (nSPS) is 19.6. The highest BCUT2D eigenvalue weighted by Crippen LogP contribution is 2.33. The lowest BCUT2D eigenvalue weighted by Gasteiger charge is -2.40. The third kappa shape index (κ3) is 5.31. The van der Waals surface area contributed by atoms with E-state index in [0.29, 0.717) is 50.5 Å². The van der Waals surface area contributed by atoms with Gasteiger partial charge in [-0.15, -0.1) is 6.58 Å². The van der Waals surface area contributed by atoms with Crippen LogP contribution >= 0.6 is 11.3 Å². The number of rotatable bonds is 8. The van der Waals surface area contributed by atoms with E-state index in [2.05, 4.69) is 22.1 Å². The van der Waals surface area contributed by atoms with Gasteiger partial charge in [0.25, 0.3) is 0 Å². The van der Waals surface area contributed by atoms with Gasteiger partial charge < -0.3 is 20.3 Å². The second-order valence-corrected chi connectivity index (χ2v) is 8.30. The largest absolute Gasteiger partial charge is 0.463 e. The van der Waals surface area contributed by atoms with Gasteiger partial charge in [0, 0.05) is 51.5 Å². The zero-order valence-electron chi connectivity index (χ0n) is 18.6. The number of piperazine rings is 1. The first-order valence-corrected chi connectivity index (χ1v) is 11.8. The van der Waals surface area contributed by atoms with E-state index in [1.165, 1.54) is 11.3 Å². The van der Waals surface area contributed by atoms with Crippen molar-refractivity contribution in [2.75, 3.05) is 52.4 Å². The molecule has 1 aromatic heterocycles. The van der Waals surface area contributed by atoms with Crippen LogP contribution in [-0.2, 0) is 9.53 Å². The minimum Gasteiger partial charge on any atom is -0.463 e. The van der Waals surface area contributed by atoms with Crippen molar-refractivity contribution < 1.29 is 19.1 Å². The molecule has 10 heteroatoms. The van der Waals surface area contributed by atoms with Gasteiger partial charge in [-0.05, 0) is 36.2 Å². The summed E-state index contributed by atoms with van der Waals surface area (Å²) in [6, 6.07) is 0.993. The Morgan fingerprint density at radius 3 is 2.66 bits per heavy atom. The molecule has 0 aromatic carbocycles. The van der Waals surface area contributed by atoms with Crippen LogP contribution in [0.4, 0.5) is 9.59 Å². The Bertz CT molecular complexity index is 862. The smallest absolute Gasteiger partial charge is 0.338 e. The molecule has 4 amide bonds. The first-order valence-electron chi connectivity index (χ1n) is 10.9. The number of urea groups is 2. The standard InChI is InChI=1S/C22H31N5O4S/c1-4-8-27-17(14-25-9-11-26(12-10-25)21(29)23-5-2)18(20(28)31-6-3)19(24-22(27)30)16-7-13-32-15-16/h4,7,13,15,19H,1,5-6,8-12,14H2,2-3H3,(H,23,29)(H,24,30). The van der Waals surface area contributed by atoms with E-state index in [-0.39, 0.29) is 25.2 Å². The van der Waals surface area contributed by atoms with Crippen molar-refractivity contribution in [3.8, 4) is 0 Å². The van der Waals surface area contributed by atoms with E-state index < -0.39 is 12.0 Å². The number of esters is 1. The molecule has 2 aliphatic heterocycles. The fourth-order valence-corrected chi connectivity index (χ4v) is 4.60. The number of ether oxygens (including phenoxy) is 1. The number of hydrogen-bond acceptors (Lipinski definition) is 6. The highest BCUT2D eigenvalue weighted by atomic mass is 32.1. The van der Waals surface area contributed by atoms with Gasteiger partial charge in [-0.3, -0.25) is 9.80 Å². The van der Waals surface area contributed by atoms with Gasteiger partial charge in [-0.1, -0.05) is 6.08 Å². The molecule has 0 radical (unpaired) electrons. The van der Waals surface area contributed by atoms with Gasteiger partial charge in [0.1, 0.15) is 0 Å². The van der Waals surface area contributed by atoms with E-state index in [4.69, 9.17) is 4.74 Å². The molecule has 2 N–H and O–H groups in total. The number of hydrogen-bond donors (Lipinski definition) is 2. The van der Waals surface area contributed by atoms with Crippen molar-refractivity contribution in [3.05, 3.63) is 46.3 Å². The predicted octanol–water partition coefficient (Wildman–Crippen LogP) is 2.16. The first kappa shape index (κ1) is 23.8. The molecule has 1 unspecified atom stereocenters. The van der Waals surface area contributed by atoms with Crippen molar-refractivity contribution >= 4 is 29.4 Å². The van der Waals surface area contributed by atoms with E-state index in [1.807, 2.05) is 23.8 Å². The fraction of sp³-hybridized carbons (Fsp3) is 0.500. The highest BCUT2D eigenvalue weighted by Gasteiger charge is 2.39. The summed E-state index contributed by atoms with van der Waals surface area (Å²) >= 11 is 1.51. The molecule has 0 spiro atoms. The van der Waals surface area contributed by atoms with Crippen molar-refractivity contribution in [1.82, 2.24) is 25.3 Å². The topological polar surface area (TPSA) is 94.2 Å². The molecule has 0 saturated carbocycles. The van der Waals surface area contributed by atoms with E-state index in [1.54, 1.807) is 22.8 Å². The van der Waals surface area contributed by atoms with Crippen LogP contribution in [0, 0.1) is 0 Å². The summed E-state index contributed by atoms with van der Waals surface area (Å²) in [4.78, 5) is 43.7. The number of nitrogens with zero attached hydrogens (tertiary/aromatic N) is 3. The number of thiophene rings is 1. The van der Waals surface area contributed by atoms with Crippen LogP contribution in [0.3, 0.4) is 0 Å². The average molecular weight is 462 g/mol. The summed E-state index contributed by atoms with van der Waals surface area (Å²) in [6.07, 6.45) is 1.64. The Labute approximate surface area is 192 Å². The minimum absolute atomic E-state index is 0.0681. The zero-order valence-corrected chi connectivity index (χ0v) is 19.5. The summed E-state index contributed by atoms with van der Waals surface area (Å²) < 4.78 is 5.39. The van der Waals surface area contributed by atoms with Crippen LogP contribution in [0.2, 0.25) is 0 Å². The monoisotopic (exact) mass is 461 g/mol. The van der Waals surface area contributed by atoms with Crippen molar-refractivity contribution in [2.24, 2.45) is 0 Å². The summed E-state index contributed by atoms with van der Waals surface area (Å²) in [5.74, 6) is -0.436. The van der Waals surface area contributed by atoms with Crippen LogP contribution in [0.25, 0.3) is 0 Å². The van der Waals surface area contributed by atoms with Gasteiger partial charge >= 0.3 is 18.0 Å². The summed E-state index contributed by atoms with van der Waals surface area (Å²) in [6.45, 7) is 11.4. The van der Waals surface area contributed by atoms with E-state index in [9.17, 15) is 14.4 Å². The molecule has 1 fully saturated rings. The fourth-order valence-electron chi connectivity index (χ4n) is 3.92. The number of carbonyl (C=O) groups is 3. The molecule has 174 valence electrons. The Morgan fingerprint density at radius 1 is 1.31 bits per heavy atom. The molecular formula is C22H31N5O4S. The van der Waals surface area contributed by atoms with Crippen molar-refractivity contribution in [3.63, 3.8) is 0 Å². The lowest BCUT2D eigenvalue weighted by Crippen LogP contribution is -2.55. The molecule has 3 rings (SSSR count). The van der Waals surface area contributed by atoms with Crippen LogP contribution in [-0.4, -0.2) is 85.2 Å². The molecule has 1 saturated heterocycles. The zero-order chi connectivity index (χ0) is 23.1. The molecule has 3 heterocycles. The van der Waals surface area contributed by atoms with Crippen molar-refractivity contribution in [1.29, 1.82) is 0 Å². The number of amides is 4. The van der Waals surface area contributed by atoms with E-state index >= 15 is 0 Å². The number of carbonyl (C=O) groups excluding carboxylic acids is 3. The van der Waals surface area contributed by atoms with Crippen LogP contribution in [0.1, 0.15) is 25.5 Å². The van der Waals surface area contributed by atoms with Crippen LogP contribution in [0.5, 0.6) is 0 Å². The van der Waals surface area contributed by atoms with Gasteiger partial charge in [-0.25, -0.2) is 14.4 Å². The summed E-state index contributed by atoms with van der Waals surface area (Å²) in [5.41, 5.74) is 1.91. The Balaban J connectivity index is 1.91. The summed E-state index contributed by atoms with van der Waals surface area (Å²) in [7, 11) is 0. The first-order chi connectivity index (χ1) is 15.5. The molecule has 1 atom stereocenters. The Hall–Kier alpha value is -2.85. The molecule has 9 nitrogen and oxygen atoms in total. The average Bonchev–Trinajstić information content (AvgIpc) is 3.31. The maximum atomic E-state index is 13.1. The second kappa shape index (κ2) is 11.1. The molecule has 32 heavy (non-hydrogen) atoms. The molecule has 0 aliphatic carbocycles. The van der Waals surface area contributed by atoms with Crippen molar-refractivity contribution in [2.45, 2.75) is 19.9 Å². The van der Waals surface area contributed by atoms with Gasteiger partial charge in [0.05, 0.1) is 18.2 Å². The SMILES string of the molecule is C=CCN1C(=O)NC(c2ccsc2)C(C(=O)OCC)=C1CN1CCN(C(=O)NCC)CC1. The molecule has 0 bridgehead atoms. The van der Waals surface area contributed by atoms with Crippen LogP contribution < -0.4 is 10.6 Å². The quantitative estimate of drug-likeness (QED) is 0.457. The maximum Gasteiger partial charge on any atom is 0.338 e. The Kier molecular flexibility index (Phi) is 8.29. The van der Waals surface area contributed by atoms with Crippen LogP contribution in [0.15, 0.2) is 40.8 Å². The summed E-state index contributed by atoms with van der Waals surface area (Å²) in [5, 5.41) is 9.62. The Morgan fingerprint density at radius 2 is 2.06 bits per heavy atom. The number of nitrogens with one attached hydrogen (secondary N) is 2. The third-order valence-corrected chi connectivity index (χ3v) is 6.18. The molecule has 1 aromatic rings. The predicted molar refractivity (Wildman–Crippen MR) is 123 cm³/mol. The third-order valence-electron chi connectivity index (χ3n) is 5.48. The second-order valence-electron chi connectivity index (χ2n) is 7.52. The molecular weight excluding hydrogens is 430 g/mol.